The first-order valence-corrected chi connectivity index (χ1v) is 8.50. The number of benzene rings is 2. The Hall–Kier alpha value is -2.87. The van der Waals surface area contributed by atoms with Crippen molar-refractivity contribution in [3.63, 3.8) is 0 Å². The number of hydrogen-bond acceptors (Lipinski definition) is 4. The van der Waals surface area contributed by atoms with Crippen molar-refractivity contribution in [1.29, 1.82) is 0 Å². The summed E-state index contributed by atoms with van der Waals surface area (Å²) in [4.78, 5) is 11.7. The van der Waals surface area contributed by atoms with Gasteiger partial charge in [0.2, 0.25) is 0 Å². The van der Waals surface area contributed by atoms with E-state index in [9.17, 15) is 22.7 Å². The Kier molecular flexibility index (Phi) is 5.42. The molecule has 0 aliphatic heterocycles. The highest BCUT2D eigenvalue weighted by atomic mass is 19.4. The van der Waals surface area contributed by atoms with E-state index in [2.05, 4.69) is 15.0 Å². The number of fused-ring (bicyclic) bond motifs is 1. The number of halogens is 4. The fourth-order valence-corrected chi connectivity index (χ4v) is 2.71. The number of nitrogens with zero attached hydrogens (tertiary/aromatic N) is 3. The van der Waals surface area contributed by atoms with Crippen LogP contribution in [0.3, 0.4) is 0 Å². The Labute approximate surface area is 158 Å². The summed E-state index contributed by atoms with van der Waals surface area (Å²) in [6, 6.07) is 10.8. The Morgan fingerprint density at radius 1 is 1.11 bits per heavy atom. The minimum atomic E-state index is -4.92. The number of aryl methyl sites for hydroxylation is 2. The van der Waals surface area contributed by atoms with Crippen LogP contribution in [0.2, 0.25) is 0 Å². The van der Waals surface area contributed by atoms with Crippen molar-refractivity contribution in [2.24, 2.45) is 4.99 Å². The second kappa shape index (κ2) is 7.63. The first-order chi connectivity index (χ1) is 13.2. The summed E-state index contributed by atoms with van der Waals surface area (Å²) >= 11 is 0. The van der Waals surface area contributed by atoms with Crippen molar-refractivity contribution in [3.05, 3.63) is 65.9 Å². The maximum absolute atomic E-state index is 13.9. The van der Waals surface area contributed by atoms with Crippen LogP contribution in [0.1, 0.15) is 17.8 Å². The smallest absolute Gasteiger partial charge is 0.376 e. The highest BCUT2D eigenvalue weighted by Gasteiger charge is 2.52. The van der Waals surface area contributed by atoms with Crippen LogP contribution in [0, 0.1) is 12.7 Å². The van der Waals surface area contributed by atoms with Gasteiger partial charge in [0.1, 0.15) is 17.2 Å². The second-order valence-electron chi connectivity index (χ2n) is 6.41. The Morgan fingerprint density at radius 2 is 1.82 bits per heavy atom. The molecule has 0 saturated heterocycles. The van der Waals surface area contributed by atoms with E-state index in [1.54, 1.807) is 37.3 Å². The fourth-order valence-electron chi connectivity index (χ4n) is 2.71. The average Bonchev–Trinajstić information content (AvgIpc) is 2.66. The second-order valence-corrected chi connectivity index (χ2v) is 6.41. The lowest BCUT2D eigenvalue weighted by atomic mass is 9.95. The van der Waals surface area contributed by atoms with Crippen molar-refractivity contribution in [3.8, 4) is 0 Å². The molecule has 0 aliphatic rings. The molecular weight excluding hydrogens is 374 g/mol. The summed E-state index contributed by atoms with van der Waals surface area (Å²) in [6.07, 6.45) is -3.76. The third kappa shape index (κ3) is 4.17. The van der Waals surface area contributed by atoms with Crippen LogP contribution >= 0.6 is 0 Å². The van der Waals surface area contributed by atoms with Gasteiger partial charge >= 0.3 is 6.18 Å². The third-order valence-corrected chi connectivity index (χ3v) is 4.34. The quantitative estimate of drug-likeness (QED) is 0.506. The van der Waals surface area contributed by atoms with Crippen LogP contribution < -0.4 is 0 Å². The molecule has 1 unspecified atom stereocenters. The van der Waals surface area contributed by atoms with Gasteiger partial charge in [-0.25, -0.2) is 14.4 Å². The van der Waals surface area contributed by atoms with Crippen molar-refractivity contribution < 1.29 is 22.7 Å². The van der Waals surface area contributed by atoms with E-state index in [-0.39, 0.29) is 23.0 Å². The van der Waals surface area contributed by atoms with E-state index < -0.39 is 24.0 Å². The first-order valence-electron chi connectivity index (χ1n) is 8.50. The molecule has 28 heavy (non-hydrogen) atoms. The average molecular weight is 391 g/mol. The Balaban J connectivity index is 1.94. The summed E-state index contributed by atoms with van der Waals surface area (Å²) in [7, 11) is 0. The van der Waals surface area contributed by atoms with Crippen LogP contribution in [0.5, 0.6) is 0 Å². The largest absolute Gasteiger partial charge is 0.422 e. The molecule has 0 spiro atoms. The number of aliphatic imine (C=N–C) groups is 1. The highest BCUT2D eigenvalue weighted by molar-refractivity contribution is 5.91. The third-order valence-electron chi connectivity index (χ3n) is 4.34. The van der Waals surface area contributed by atoms with Gasteiger partial charge in [-0.15, -0.1) is 0 Å². The molecule has 146 valence electrons. The van der Waals surface area contributed by atoms with E-state index in [4.69, 9.17) is 0 Å². The lowest BCUT2D eigenvalue weighted by Gasteiger charge is -2.26. The zero-order valence-corrected chi connectivity index (χ0v) is 14.9. The maximum Gasteiger partial charge on any atom is 0.422 e. The summed E-state index contributed by atoms with van der Waals surface area (Å²) in [5.41, 5.74) is -2.47. The van der Waals surface area contributed by atoms with Gasteiger partial charge in [0.05, 0.1) is 5.69 Å². The molecule has 0 amide bonds. The molecule has 8 heteroatoms. The lowest BCUT2D eigenvalue weighted by Crippen LogP contribution is -2.47. The predicted molar refractivity (Wildman–Crippen MR) is 98.2 cm³/mol. The minimum Gasteiger partial charge on any atom is -0.376 e. The number of rotatable bonds is 5. The minimum absolute atomic E-state index is 0.00927. The molecule has 0 fully saturated rings. The normalized spacial score (nSPS) is 14.5. The molecule has 1 aromatic heterocycles. The molecule has 1 atom stereocenters. The van der Waals surface area contributed by atoms with Gasteiger partial charge in [-0.2, -0.15) is 13.2 Å². The van der Waals surface area contributed by atoms with E-state index >= 15 is 0 Å². The van der Waals surface area contributed by atoms with Crippen molar-refractivity contribution >= 4 is 22.8 Å². The van der Waals surface area contributed by atoms with Crippen LogP contribution in [-0.2, 0) is 6.42 Å². The summed E-state index contributed by atoms with van der Waals surface area (Å²) in [5, 5.41) is 10.4. The number of aliphatic hydroxyl groups is 1. The van der Waals surface area contributed by atoms with Gasteiger partial charge in [0.25, 0.3) is 0 Å². The molecule has 2 aromatic carbocycles. The van der Waals surface area contributed by atoms with Crippen LogP contribution in [0.4, 0.5) is 23.2 Å². The van der Waals surface area contributed by atoms with E-state index in [0.717, 1.165) is 6.07 Å². The molecule has 3 rings (SSSR count). The van der Waals surface area contributed by atoms with Crippen LogP contribution in [-0.4, -0.2) is 33.1 Å². The summed E-state index contributed by atoms with van der Waals surface area (Å²) in [5.74, 6) is -0.309. The summed E-state index contributed by atoms with van der Waals surface area (Å²) in [6.45, 7) is 1.57. The van der Waals surface area contributed by atoms with E-state index in [1.807, 2.05) is 0 Å². The first kappa shape index (κ1) is 19.9. The molecule has 0 radical (unpaired) electrons. The van der Waals surface area contributed by atoms with Crippen molar-refractivity contribution in [1.82, 2.24) is 9.97 Å². The standard InChI is InChI=1S/C20H17F4N3O/c1-13-25-11-15-17(8-7-16(21)18(15)27-13)26-12-19(28,20(22,23)24)10-9-14-5-3-2-4-6-14/h2-8,11-12,28H,9-10H2,1H3. The Morgan fingerprint density at radius 3 is 2.50 bits per heavy atom. The van der Waals surface area contributed by atoms with E-state index in [1.165, 1.54) is 12.3 Å². The van der Waals surface area contributed by atoms with Gasteiger partial charge in [-0.3, -0.25) is 4.99 Å². The van der Waals surface area contributed by atoms with Crippen LogP contribution in [0.25, 0.3) is 10.9 Å². The number of hydrogen-bond donors (Lipinski definition) is 1. The number of aromatic nitrogens is 2. The lowest BCUT2D eigenvalue weighted by molar-refractivity contribution is -0.230. The molecule has 1 heterocycles. The van der Waals surface area contributed by atoms with Gasteiger partial charge in [0, 0.05) is 17.8 Å². The monoisotopic (exact) mass is 391 g/mol. The predicted octanol–water partition coefficient (Wildman–Crippen LogP) is 4.71. The van der Waals surface area contributed by atoms with Crippen molar-refractivity contribution in [2.75, 3.05) is 0 Å². The maximum atomic E-state index is 13.9. The SMILES string of the molecule is Cc1ncc2c(N=CC(O)(CCc3ccccc3)C(F)(F)F)ccc(F)c2n1. The van der Waals surface area contributed by atoms with Crippen molar-refractivity contribution in [2.45, 2.75) is 31.5 Å². The molecule has 4 nitrogen and oxygen atoms in total. The molecule has 0 saturated carbocycles. The molecule has 0 bridgehead atoms. The summed E-state index contributed by atoms with van der Waals surface area (Å²) < 4.78 is 54.5. The Bertz CT molecular complexity index is 1010. The zero-order valence-electron chi connectivity index (χ0n) is 14.9. The highest BCUT2D eigenvalue weighted by Crippen LogP contribution is 2.34. The van der Waals surface area contributed by atoms with Gasteiger partial charge in [-0.1, -0.05) is 30.3 Å². The molecule has 3 aromatic rings. The van der Waals surface area contributed by atoms with Gasteiger partial charge in [-0.05, 0) is 37.5 Å². The molecular formula is C20H17F4N3O. The van der Waals surface area contributed by atoms with E-state index in [0.29, 0.717) is 17.6 Å². The topological polar surface area (TPSA) is 58.4 Å². The molecule has 0 aliphatic carbocycles. The fraction of sp³-hybridized carbons (Fsp3) is 0.250. The van der Waals surface area contributed by atoms with Gasteiger partial charge in [0.15, 0.2) is 5.60 Å². The van der Waals surface area contributed by atoms with Gasteiger partial charge < -0.3 is 5.11 Å². The molecule has 1 N–H and O–H groups in total. The zero-order chi connectivity index (χ0) is 20.4. The number of alkyl halides is 3. The van der Waals surface area contributed by atoms with Crippen LogP contribution in [0.15, 0.2) is 53.7 Å².